The Morgan fingerprint density at radius 3 is 2.80 bits per heavy atom. The second-order valence-corrected chi connectivity index (χ2v) is 1.72. The van der Waals surface area contributed by atoms with Crippen molar-refractivity contribution in [3.8, 4) is 0 Å². The van der Waals surface area contributed by atoms with Crippen LogP contribution in [0.3, 0.4) is 0 Å². The molecule has 1 rings (SSSR count). The lowest BCUT2D eigenvalue weighted by molar-refractivity contribution is 0.111. The number of aldehydes is 1. The van der Waals surface area contributed by atoms with Crippen molar-refractivity contribution in [2.45, 2.75) is 0 Å². The number of aromatic amines is 1. The van der Waals surface area contributed by atoms with Crippen molar-refractivity contribution in [2.24, 2.45) is 0 Å². The summed E-state index contributed by atoms with van der Waals surface area (Å²) < 4.78 is 12.4. The molecule has 52 valence electrons. The third kappa shape index (κ3) is 1.10. The molecule has 0 saturated heterocycles. The fourth-order valence-corrected chi connectivity index (χ4v) is 0.548. The van der Waals surface area contributed by atoms with Gasteiger partial charge in [-0.25, -0.2) is 4.39 Å². The molecule has 1 aromatic rings. The second kappa shape index (κ2) is 2.43. The molecule has 0 atom stereocenters. The fourth-order valence-electron chi connectivity index (χ4n) is 0.548. The zero-order valence-electron chi connectivity index (χ0n) is 4.93. The van der Waals surface area contributed by atoms with Crippen LogP contribution < -0.4 is 5.56 Å². The van der Waals surface area contributed by atoms with Crippen LogP contribution in [0.2, 0.25) is 0 Å². The van der Waals surface area contributed by atoms with E-state index in [-0.39, 0.29) is 5.56 Å². The van der Waals surface area contributed by atoms with Crippen LogP contribution in [0.5, 0.6) is 0 Å². The van der Waals surface area contributed by atoms with Crippen LogP contribution in [-0.2, 0) is 0 Å². The van der Waals surface area contributed by atoms with Gasteiger partial charge < -0.3 is 4.98 Å². The number of carbonyl (C=O) groups is 1. The van der Waals surface area contributed by atoms with Crippen molar-refractivity contribution < 1.29 is 9.18 Å². The van der Waals surface area contributed by atoms with Crippen molar-refractivity contribution in [3.63, 3.8) is 0 Å². The van der Waals surface area contributed by atoms with E-state index in [2.05, 4.69) is 4.98 Å². The zero-order valence-corrected chi connectivity index (χ0v) is 4.93. The van der Waals surface area contributed by atoms with Gasteiger partial charge in [-0.15, -0.1) is 0 Å². The highest BCUT2D eigenvalue weighted by atomic mass is 19.1. The summed E-state index contributed by atoms with van der Waals surface area (Å²) >= 11 is 0. The Bertz CT molecular complexity index is 305. The van der Waals surface area contributed by atoms with Gasteiger partial charge in [0.1, 0.15) is 5.82 Å². The van der Waals surface area contributed by atoms with Gasteiger partial charge in [0.05, 0.1) is 5.56 Å². The average molecular weight is 141 g/mol. The third-order valence-corrected chi connectivity index (χ3v) is 1.03. The van der Waals surface area contributed by atoms with Crippen LogP contribution >= 0.6 is 0 Å². The molecule has 0 unspecified atom stereocenters. The van der Waals surface area contributed by atoms with Gasteiger partial charge in [0.25, 0.3) is 5.56 Å². The van der Waals surface area contributed by atoms with E-state index in [0.717, 1.165) is 12.3 Å². The summed E-state index contributed by atoms with van der Waals surface area (Å²) in [6, 6.07) is 0.726. The van der Waals surface area contributed by atoms with Gasteiger partial charge in [-0.1, -0.05) is 0 Å². The van der Waals surface area contributed by atoms with Gasteiger partial charge in [-0.3, -0.25) is 9.59 Å². The minimum absolute atomic E-state index is 0.139. The number of hydrogen-bond donors (Lipinski definition) is 1. The van der Waals surface area contributed by atoms with Crippen molar-refractivity contribution >= 4 is 6.29 Å². The normalized spacial score (nSPS) is 9.30. The number of carbonyl (C=O) groups excluding carboxylic acids is 1. The molecule has 1 N–H and O–H groups in total. The minimum atomic E-state index is -0.793. The van der Waals surface area contributed by atoms with Crippen LogP contribution in [0.4, 0.5) is 4.39 Å². The van der Waals surface area contributed by atoms with E-state index >= 15 is 0 Å². The second-order valence-electron chi connectivity index (χ2n) is 1.72. The molecule has 4 heteroatoms. The lowest BCUT2D eigenvalue weighted by atomic mass is 10.3. The lowest BCUT2D eigenvalue weighted by Crippen LogP contribution is -2.06. The molecule has 0 fully saturated rings. The van der Waals surface area contributed by atoms with Gasteiger partial charge in [-0.2, -0.15) is 0 Å². The lowest BCUT2D eigenvalue weighted by Gasteiger charge is -1.88. The molecule has 0 saturated carbocycles. The summed E-state index contributed by atoms with van der Waals surface area (Å²) in [6.07, 6.45) is 1.37. The van der Waals surface area contributed by atoms with E-state index in [1.165, 1.54) is 0 Å². The summed E-state index contributed by atoms with van der Waals surface area (Å²) in [7, 11) is 0. The Morgan fingerprint density at radius 2 is 2.30 bits per heavy atom. The molecular formula is C6H4FNO2. The smallest absolute Gasteiger partial charge is 0.250 e. The maximum Gasteiger partial charge on any atom is 0.250 e. The van der Waals surface area contributed by atoms with Gasteiger partial charge in [0, 0.05) is 12.3 Å². The number of aromatic nitrogens is 1. The highest BCUT2D eigenvalue weighted by Gasteiger charge is 1.98. The van der Waals surface area contributed by atoms with E-state index in [0.29, 0.717) is 6.29 Å². The van der Waals surface area contributed by atoms with E-state index in [1.54, 1.807) is 0 Å². The standard InChI is InChI=1S/C6H4FNO2/c7-5-1-6(10)8-2-4(5)3-9/h1-3H,(H,8,10). The average Bonchev–Trinajstić information content (AvgIpc) is 1.88. The van der Waals surface area contributed by atoms with Crippen LogP contribution in [0.1, 0.15) is 10.4 Å². The van der Waals surface area contributed by atoms with Crippen molar-refractivity contribution in [3.05, 3.63) is 34.0 Å². The monoisotopic (exact) mass is 141 g/mol. The molecule has 0 aromatic carbocycles. The first-order valence-corrected chi connectivity index (χ1v) is 2.57. The minimum Gasteiger partial charge on any atom is -0.328 e. The summed E-state index contributed by atoms with van der Waals surface area (Å²) in [6.45, 7) is 0. The summed E-state index contributed by atoms with van der Waals surface area (Å²) in [5.41, 5.74) is -0.692. The topological polar surface area (TPSA) is 49.9 Å². The predicted molar refractivity (Wildman–Crippen MR) is 32.4 cm³/mol. The molecular weight excluding hydrogens is 137 g/mol. The molecule has 0 aliphatic carbocycles. The number of pyridine rings is 1. The Labute approximate surface area is 55.5 Å². The Balaban J connectivity index is 3.32. The Morgan fingerprint density at radius 1 is 1.60 bits per heavy atom. The largest absolute Gasteiger partial charge is 0.328 e. The SMILES string of the molecule is O=Cc1c[nH]c(=O)cc1F. The Kier molecular flexibility index (Phi) is 1.62. The van der Waals surface area contributed by atoms with E-state index < -0.39 is 11.4 Å². The maximum atomic E-state index is 12.4. The molecule has 0 spiro atoms. The first-order chi connectivity index (χ1) is 4.74. The number of hydrogen-bond acceptors (Lipinski definition) is 2. The Hall–Kier alpha value is -1.45. The van der Waals surface area contributed by atoms with Crippen LogP contribution in [0, 0.1) is 5.82 Å². The maximum absolute atomic E-state index is 12.4. The molecule has 3 nitrogen and oxygen atoms in total. The summed E-state index contributed by atoms with van der Waals surface area (Å²) in [4.78, 5) is 22.5. The highest BCUT2D eigenvalue weighted by molar-refractivity contribution is 5.74. The first-order valence-electron chi connectivity index (χ1n) is 2.57. The number of rotatable bonds is 1. The number of H-pyrrole nitrogens is 1. The van der Waals surface area contributed by atoms with Gasteiger partial charge in [0.2, 0.25) is 0 Å². The highest BCUT2D eigenvalue weighted by Crippen LogP contribution is 1.96. The summed E-state index contributed by atoms with van der Waals surface area (Å²) in [5, 5.41) is 0. The predicted octanol–water partition coefficient (Wildman–Crippen LogP) is 0.326. The molecule has 0 radical (unpaired) electrons. The quantitative estimate of drug-likeness (QED) is 0.573. The number of nitrogens with one attached hydrogen (secondary N) is 1. The van der Waals surface area contributed by atoms with Gasteiger partial charge >= 0.3 is 0 Å². The van der Waals surface area contributed by atoms with Crippen LogP contribution in [0.25, 0.3) is 0 Å². The van der Waals surface area contributed by atoms with Crippen molar-refractivity contribution in [2.75, 3.05) is 0 Å². The molecule has 10 heavy (non-hydrogen) atoms. The molecule has 0 amide bonds. The molecule has 0 bridgehead atoms. The summed E-state index contributed by atoms with van der Waals surface area (Å²) in [5.74, 6) is -0.793. The zero-order chi connectivity index (χ0) is 7.56. The fraction of sp³-hybridized carbons (Fsp3) is 0. The molecule has 0 aliphatic rings. The van der Waals surface area contributed by atoms with Crippen LogP contribution in [-0.4, -0.2) is 11.3 Å². The third-order valence-electron chi connectivity index (χ3n) is 1.03. The van der Waals surface area contributed by atoms with E-state index in [1.807, 2.05) is 0 Å². The van der Waals surface area contributed by atoms with Crippen LogP contribution in [0.15, 0.2) is 17.1 Å². The molecule has 1 heterocycles. The van der Waals surface area contributed by atoms with Gasteiger partial charge in [0.15, 0.2) is 6.29 Å². The number of halogens is 1. The van der Waals surface area contributed by atoms with Crippen molar-refractivity contribution in [1.29, 1.82) is 0 Å². The molecule has 0 aliphatic heterocycles. The van der Waals surface area contributed by atoms with E-state index in [9.17, 15) is 14.0 Å². The van der Waals surface area contributed by atoms with E-state index in [4.69, 9.17) is 0 Å². The molecule has 1 aromatic heterocycles. The van der Waals surface area contributed by atoms with Gasteiger partial charge in [-0.05, 0) is 0 Å². The first kappa shape index (κ1) is 6.67. The van der Waals surface area contributed by atoms with Crippen molar-refractivity contribution in [1.82, 2.24) is 4.98 Å².